The second kappa shape index (κ2) is 5.46. The largest absolute Gasteiger partial charge is 0.370 e. The molecule has 0 spiro atoms. The highest BCUT2D eigenvalue weighted by atomic mass is 19.3. The number of nitrogens with two attached hydrogens (primary N) is 1. The van der Waals surface area contributed by atoms with Crippen molar-refractivity contribution in [3.63, 3.8) is 0 Å². The molecule has 5 heteroatoms. The maximum Gasteiger partial charge on any atom is 0.248 e. The van der Waals surface area contributed by atoms with E-state index in [0.29, 0.717) is 18.9 Å². The molecule has 1 rings (SSSR count). The summed E-state index contributed by atoms with van der Waals surface area (Å²) < 4.78 is 26.2. The summed E-state index contributed by atoms with van der Waals surface area (Å²) >= 11 is 0. The van der Waals surface area contributed by atoms with Gasteiger partial charge in [0.15, 0.2) is 5.96 Å². The molecule has 1 unspecified atom stereocenters. The van der Waals surface area contributed by atoms with Gasteiger partial charge in [-0.1, -0.05) is 0 Å². The molecule has 0 radical (unpaired) electrons. The van der Waals surface area contributed by atoms with Crippen molar-refractivity contribution < 1.29 is 8.78 Å². The molecule has 0 aromatic heterocycles. The van der Waals surface area contributed by atoms with Crippen LogP contribution in [0.15, 0.2) is 4.99 Å². The standard InChI is InChI=1S/C11H21F2N3/c1-8(2)16-10(14)15-7-9-4-3-5-11(12,13)6-9/h8-9H,3-7H2,1-2H3,(H3,14,15,16). The van der Waals surface area contributed by atoms with E-state index in [2.05, 4.69) is 10.3 Å². The lowest BCUT2D eigenvalue weighted by atomic mass is 9.87. The van der Waals surface area contributed by atoms with Crippen LogP contribution in [-0.2, 0) is 0 Å². The Bertz CT molecular complexity index is 252. The van der Waals surface area contributed by atoms with Crippen molar-refractivity contribution in [2.75, 3.05) is 6.54 Å². The first-order valence-corrected chi connectivity index (χ1v) is 5.83. The van der Waals surface area contributed by atoms with Crippen LogP contribution in [0.2, 0.25) is 0 Å². The molecule has 94 valence electrons. The van der Waals surface area contributed by atoms with E-state index >= 15 is 0 Å². The summed E-state index contributed by atoms with van der Waals surface area (Å²) in [6.45, 7) is 4.31. The fourth-order valence-corrected chi connectivity index (χ4v) is 2.00. The molecule has 1 aliphatic rings. The molecular weight excluding hydrogens is 212 g/mol. The summed E-state index contributed by atoms with van der Waals surface area (Å²) in [5, 5.41) is 2.94. The Labute approximate surface area is 95.5 Å². The minimum atomic E-state index is -2.50. The summed E-state index contributed by atoms with van der Waals surface area (Å²) in [5.41, 5.74) is 5.61. The minimum absolute atomic E-state index is 0.0208. The van der Waals surface area contributed by atoms with Gasteiger partial charge in [-0.3, -0.25) is 4.99 Å². The SMILES string of the molecule is CC(C)NC(N)=NCC1CCCC(F)(F)C1. The molecule has 0 aliphatic heterocycles. The topological polar surface area (TPSA) is 50.4 Å². The van der Waals surface area contributed by atoms with Crippen molar-refractivity contribution in [2.45, 2.75) is 51.5 Å². The second-order valence-electron chi connectivity index (χ2n) is 4.84. The number of halogens is 2. The molecule has 0 bridgehead atoms. The molecule has 0 heterocycles. The van der Waals surface area contributed by atoms with Crippen LogP contribution >= 0.6 is 0 Å². The van der Waals surface area contributed by atoms with Crippen LogP contribution in [0.1, 0.15) is 39.5 Å². The third-order valence-corrected chi connectivity index (χ3v) is 2.70. The van der Waals surface area contributed by atoms with Gasteiger partial charge in [-0.05, 0) is 32.6 Å². The van der Waals surface area contributed by atoms with Gasteiger partial charge in [-0.15, -0.1) is 0 Å². The van der Waals surface area contributed by atoms with Gasteiger partial charge in [0.1, 0.15) is 0 Å². The van der Waals surface area contributed by atoms with E-state index in [9.17, 15) is 8.78 Å². The molecule has 1 saturated carbocycles. The highest BCUT2D eigenvalue weighted by Gasteiger charge is 2.35. The number of nitrogens with one attached hydrogen (secondary N) is 1. The monoisotopic (exact) mass is 233 g/mol. The number of alkyl halides is 2. The van der Waals surface area contributed by atoms with Crippen molar-refractivity contribution in [3.05, 3.63) is 0 Å². The van der Waals surface area contributed by atoms with Crippen molar-refractivity contribution in [1.29, 1.82) is 0 Å². The molecule has 1 fully saturated rings. The van der Waals surface area contributed by atoms with E-state index in [1.54, 1.807) is 0 Å². The zero-order chi connectivity index (χ0) is 12.2. The van der Waals surface area contributed by atoms with Crippen molar-refractivity contribution in [3.8, 4) is 0 Å². The Kier molecular flexibility index (Phi) is 4.50. The van der Waals surface area contributed by atoms with Crippen molar-refractivity contribution in [1.82, 2.24) is 5.32 Å². The van der Waals surface area contributed by atoms with Gasteiger partial charge in [-0.25, -0.2) is 8.78 Å². The molecule has 1 atom stereocenters. The molecule has 0 aromatic carbocycles. The fourth-order valence-electron chi connectivity index (χ4n) is 2.00. The predicted molar refractivity (Wildman–Crippen MR) is 61.7 cm³/mol. The quantitative estimate of drug-likeness (QED) is 0.579. The first-order chi connectivity index (χ1) is 7.39. The molecular formula is C11H21F2N3. The average Bonchev–Trinajstić information content (AvgIpc) is 2.12. The number of rotatable bonds is 3. The number of hydrogen-bond acceptors (Lipinski definition) is 1. The van der Waals surface area contributed by atoms with E-state index in [4.69, 9.17) is 5.73 Å². The van der Waals surface area contributed by atoms with Gasteiger partial charge in [0.05, 0.1) is 0 Å². The summed E-state index contributed by atoms with van der Waals surface area (Å²) in [5.74, 6) is -2.18. The summed E-state index contributed by atoms with van der Waals surface area (Å²) in [6, 6.07) is 0.219. The average molecular weight is 233 g/mol. The molecule has 16 heavy (non-hydrogen) atoms. The number of hydrogen-bond donors (Lipinski definition) is 2. The minimum Gasteiger partial charge on any atom is -0.370 e. The molecule has 1 aliphatic carbocycles. The van der Waals surface area contributed by atoms with Gasteiger partial charge >= 0.3 is 0 Å². The van der Waals surface area contributed by atoms with Crippen LogP contribution in [0.5, 0.6) is 0 Å². The van der Waals surface area contributed by atoms with E-state index < -0.39 is 5.92 Å². The van der Waals surface area contributed by atoms with Crippen LogP contribution < -0.4 is 11.1 Å². The zero-order valence-electron chi connectivity index (χ0n) is 9.97. The Morgan fingerprint density at radius 1 is 1.56 bits per heavy atom. The fraction of sp³-hybridized carbons (Fsp3) is 0.909. The number of nitrogens with zero attached hydrogens (tertiary/aromatic N) is 1. The highest BCUT2D eigenvalue weighted by molar-refractivity contribution is 5.78. The lowest BCUT2D eigenvalue weighted by molar-refractivity contribution is -0.0508. The third kappa shape index (κ3) is 4.77. The maximum absolute atomic E-state index is 13.1. The Balaban J connectivity index is 2.37. The van der Waals surface area contributed by atoms with Crippen LogP contribution in [0.25, 0.3) is 0 Å². The number of aliphatic imine (C=N–C) groups is 1. The Morgan fingerprint density at radius 3 is 2.81 bits per heavy atom. The van der Waals surface area contributed by atoms with Crippen molar-refractivity contribution in [2.24, 2.45) is 16.6 Å². The van der Waals surface area contributed by atoms with Crippen LogP contribution in [0.3, 0.4) is 0 Å². The first kappa shape index (κ1) is 13.2. The zero-order valence-corrected chi connectivity index (χ0v) is 9.97. The Morgan fingerprint density at radius 2 is 2.25 bits per heavy atom. The highest BCUT2D eigenvalue weighted by Crippen LogP contribution is 2.36. The lowest BCUT2D eigenvalue weighted by Crippen LogP contribution is -2.37. The maximum atomic E-state index is 13.1. The van der Waals surface area contributed by atoms with Gasteiger partial charge in [-0.2, -0.15) is 0 Å². The second-order valence-corrected chi connectivity index (χ2v) is 4.84. The predicted octanol–water partition coefficient (Wildman–Crippen LogP) is 2.12. The van der Waals surface area contributed by atoms with E-state index in [1.807, 2.05) is 13.8 Å². The molecule has 3 nitrogen and oxygen atoms in total. The van der Waals surface area contributed by atoms with Crippen molar-refractivity contribution >= 4 is 5.96 Å². The smallest absolute Gasteiger partial charge is 0.248 e. The summed E-state index contributed by atoms with van der Waals surface area (Å²) in [7, 11) is 0. The number of guanidine groups is 1. The van der Waals surface area contributed by atoms with E-state index in [1.165, 1.54) is 0 Å². The lowest BCUT2D eigenvalue weighted by Gasteiger charge is -2.27. The van der Waals surface area contributed by atoms with Gasteiger partial charge in [0, 0.05) is 25.4 Å². The van der Waals surface area contributed by atoms with Crippen LogP contribution in [-0.4, -0.2) is 24.5 Å². The molecule has 0 amide bonds. The summed E-state index contributed by atoms with van der Waals surface area (Å²) in [4.78, 5) is 4.10. The first-order valence-electron chi connectivity index (χ1n) is 5.83. The van der Waals surface area contributed by atoms with E-state index in [0.717, 1.165) is 6.42 Å². The van der Waals surface area contributed by atoms with Gasteiger partial charge in [0.2, 0.25) is 5.92 Å². The van der Waals surface area contributed by atoms with E-state index in [-0.39, 0.29) is 24.8 Å². The van der Waals surface area contributed by atoms with Crippen LogP contribution in [0, 0.1) is 5.92 Å². The third-order valence-electron chi connectivity index (χ3n) is 2.70. The summed E-state index contributed by atoms with van der Waals surface area (Å²) in [6.07, 6.45) is 1.39. The molecule has 0 aromatic rings. The normalized spacial score (nSPS) is 25.8. The van der Waals surface area contributed by atoms with Gasteiger partial charge in [0.25, 0.3) is 0 Å². The van der Waals surface area contributed by atoms with Gasteiger partial charge < -0.3 is 11.1 Å². The molecule has 3 N–H and O–H groups in total. The molecule has 0 saturated heterocycles. The van der Waals surface area contributed by atoms with Crippen LogP contribution in [0.4, 0.5) is 8.78 Å². The Hall–Kier alpha value is -0.870.